The SMILES string of the molecule is [OH-].[OH-].[OH-].[OH-].[Rh]. The van der Waals surface area contributed by atoms with Gasteiger partial charge in [0.15, 0.2) is 0 Å². The summed E-state index contributed by atoms with van der Waals surface area (Å²) < 4.78 is 0. The van der Waals surface area contributed by atoms with Gasteiger partial charge >= 0.3 is 0 Å². The molecule has 0 aliphatic heterocycles. The van der Waals surface area contributed by atoms with Crippen LogP contribution < -0.4 is 0 Å². The molecule has 0 aromatic rings. The molecule has 0 aromatic carbocycles. The molecule has 0 saturated heterocycles. The van der Waals surface area contributed by atoms with Crippen LogP contribution in [0.3, 0.4) is 0 Å². The largest absolute Gasteiger partial charge is 0.870 e. The van der Waals surface area contributed by atoms with E-state index in [1.807, 2.05) is 0 Å². The second kappa shape index (κ2) is 249. The minimum atomic E-state index is 0. The molecule has 41 valence electrons. The molecule has 1 radical (unpaired) electrons. The number of rotatable bonds is 0. The van der Waals surface area contributed by atoms with Crippen LogP contribution in [0, 0.1) is 0 Å². The summed E-state index contributed by atoms with van der Waals surface area (Å²) in [6.45, 7) is 0. The van der Waals surface area contributed by atoms with Crippen LogP contribution in [0.1, 0.15) is 0 Å². The van der Waals surface area contributed by atoms with Crippen LogP contribution in [0.4, 0.5) is 0 Å². The summed E-state index contributed by atoms with van der Waals surface area (Å²) in [5, 5.41) is 0. The molecule has 0 amide bonds. The molecule has 0 aromatic heterocycles. The first-order valence-corrected chi connectivity index (χ1v) is 0. The molecule has 0 bridgehead atoms. The Kier molecular flexibility index (Phi) is 25300. The van der Waals surface area contributed by atoms with Crippen LogP contribution in [-0.4, -0.2) is 21.9 Å². The van der Waals surface area contributed by atoms with Gasteiger partial charge in [0.05, 0.1) is 0 Å². The number of hydrogen-bond acceptors (Lipinski definition) is 4. The van der Waals surface area contributed by atoms with Crippen molar-refractivity contribution in [3.63, 3.8) is 0 Å². The first-order valence-electron chi connectivity index (χ1n) is 0. The van der Waals surface area contributed by atoms with Crippen molar-refractivity contribution in [3.8, 4) is 0 Å². The first kappa shape index (κ1) is 507. The van der Waals surface area contributed by atoms with E-state index in [0.29, 0.717) is 0 Å². The van der Waals surface area contributed by atoms with Gasteiger partial charge in [-0.2, -0.15) is 0 Å². The minimum Gasteiger partial charge on any atom is -0.870 e. The average molecular weight is 171 g/mol. The zero-order valence-electron chi connectivity index (χ0n) is 2.12. The van der Waals surface area contributed by atoms with Gasteiger partial charge in [0.2, 0.25) is 0 Å². The Morgan fingerprint density at radius 1 is 0.400 bits per heavy atom. The van der Waals surface area contributed by atoms with Gasteiger partial charge in [-0.15, -0.1) is 0 Å². The third kappa shape index (κ3) is 126. The number of hydrogen-bond donors (Lipinski definition) is 0. The zero-order chi connectivity index (χ0) is 0. The van der Waals surface area contributed by atoms with Gasteiger partial charge in [-0.25, -0.2) is 0 Å². The molecule has 0 aliphatic carbocycles. The van der Waals surface area contributed by atoms with Gasteiger partial charge < -0.3 is 21.9 Å². The van der Waals surface area contributed by atoms with E-state index in [1.54, 1.807) is 0 Å². The van der Waals surface area contributed by atoms with Crippen molar-refractivity contribution >= 4 is 0 Å². The predicted octanol–water partition coefficient (Wildman–Crippen LogP) is -0.710. The van der Waals surface area contributed by atoms with Gasteiger partial charge in [0, 0.05) is 19.5 Å². The Hall–Kier alpha value is 0.463. The van der Waals surface area contributed by atoms with Crippen LogP contribution in [0.2, 0.25) is 0 Å². The second-order valence-corrected chi connectivity index (χ2v) is 0. The van der Waals surface area contributed by atoms with Gasteiger partial charge in [0.25, 0.3) is 0 Å². The summed E-state index contributed by atoms with van der Waals surface area (Å²) in [5.74, 6) is 0. The van der Waals surface area contributed by atoms with E-state index in [4.69, 9.17) is 0 Å². The maximum absolute atomic E-state index is 0. The van der Waals surface area contributed by atoms with Crippen LogP contribution in [0.25, 0.3) is 0 Å². The van der Waals surface area contributed by atoms with Crippen LogP contribution >= 0.6 is 0 Å². The summed E-state index contributed by atoms with van der Waals surface area (Å²) in [5.41, 5.74) is 0. The molecule has 4 nitrogen and oxygen atoms in total. The molecule has 5 heteroatoms. The molecule has 0 rings (SSSR count). The summed E-state index contributed by atoms with van der Waals surface area (Å²) in [6.07, 6.45) is 0. The van der Waals surface area contributed by atoms with Gasteiger partial charge in [-0.1, -0.05) is 0 Å². The molecule has 0 fully saturated rings. The Balaban J connectivity index is 0. The molecular formula is H4O4Rh-4. The maximum atomic E-state index is 0. The van der Waals surface area contributed by atoms with E-state index in [1.165, 1.54) is 0 Å². The zero-order valence-corrected chi connectivity index (χ0v) is 3.76. The van der Waals surface area contributed by atoms with E-state index in [-0.39, 0.29) is 41.4 Å². The molecule has 4 N–H and O–H groups in total. The molecule has 0 aliphatic rings. The van der Waals surface area contributed by atoms with Crippen molar-refractivity contribution in [1.82, 2.24) is 0 Å². The summed E-state index contributed by atoms with van der Waals surface area (Å²) in [4.78, 5) is 0. The molecule has 0 unspecified atom stereocenters. The Bertz CT molecular complexity index is 3.61. The Morgan fingerprint density at radius 2 is 0.400 bits per heavy atom. The van der Waals surface area contributed by atoms with E-state index < -0.39 is 0 Å². The van der Waals surface area contributed by atoms with Crippen LogP contribution in [0.15, 0.2) is 0 Å². The molecule has 0 atom stereocenters. The van der Waals surface area contributed by atoms with Crippen molar-refractivity contribution in [2.24, 2.45) is 0 Å². The fraction of sp³-hybridized carbons (Fsp3) is 0. The second-order valence-electron chi connectivity index (χ2n) is 0. The predicted molar refractivity (Wildman–Crippen MR) is 7.74 cm³/mol. The Morgan fingerprint density at radius 3 is 0.400 bits per heavy atom. The fourth-order valence-corrected chi connectivity index (χ4v) is 0. The van der Waals surface area contributed by atoms with E-state index in [0.717, 1.165) is 0 Å². The standard InChI is InChI=1S/4H2O.Rh/h4*1H2;/p-4. The maximum Gasteiger partial charge on any atom is 0 e. The van der Waals surface area contributed by atoms with Crippen molar-refractivity contribution in [3.05, 3.63) is 0 Å². The van der Waals surface area contributed by atoms with E-state index in [2.05, 4.69) is 0 Å². The van der Waals surface area contributed by atoms with Crippen molar-refractivity contribution in [1.29, 1.82) is 0 Å². The van der Waals surface area contributed by atoms with E-state index >= 15 is 0 Å². The normalized spacial score (nSPS) is 0. The summed E-state index contributed by atoms with van der Waals surface area (Å²) >= 11 is 0. The molecule has 5 heavy (non-hydrogen) atoms. The van der Waals surface area contributed by atoms with Crippen LogP contribution in [-0.2, 0) is 19.5 Å². The topological polar surface area (TPSA) is 120 Å². The fourth-order valence-electron chi connectivity index (χ4n) is 0. The molecular weight excluding hydrogens is 167 g/mol. The first-order chi connectivity index (χ1) is 0. The molecule has 0 spiro atoms. The monoisotopic (exact) mass is 171 g/mol. The van der Waals surface area contributed by atoms with Gasteiger partial charge in [-0.05, 0) is 0 Å². The third-order valence-corrected chi connectivity index (χ3v) is 0. The summed E-state index contributed by atoms with van der Waals surface area (Å²) in [7, 11) is 0. The molecule has 0 heterocycles. The average Bonchev–Trinajstić information content (AvgIpc) is 0. The molecule has 0 saturated carbocycles. The van der Waals surface area contributed by atoms with Crippen molar-refractivity contribution in [2.75, 3.05) is 0 Å². The van der Waals surface area contributed by atoms with Gasteiger partial charge in [0.1, 0.15) is 0 Å². The quantitative estimate of drug-likeness (QED) is 0.446. The Labute approximate surface area is 42.2 Å². The van der Waals surface area contributed by atoms with Crippen LogP contribution in [0.5, 0.6) is 0 Å². The smallest absolute Gasteiger partial charge is 0 e. The minimum absolute atomic E-state index is 0. The van der Waals surface area contributed by atoms with E-state index in [9.17, 15) is 0 Å². The van der Waals surface area contributed by atoms with Gasteiger partial charge in [-0.3, -0.25) is 0 Å². The third-order valence-electron chi connectivity index (χ3n) is 0. The van der Waals surface area contributed by atoms with Crippen molar-refractivity contribution < 1.29 is 41.4 Å². The van der Waals surface area contributed by atoms with Crippen molar-refractivity contribution in [2.45, 2.75) is 0 Å². The summed E-state index contributed by atoms with van der Waals surface area (Å²) in [6, 6.07) is 0.